The topological polar surface area (TPSA) is 235 Å². The van der Waals surface area contributed by atoms with Crippen LogP contribution < -0.4 is 14.2 Å². The van der Waals surface area contributed by atoms with Crippen LogP contribution in [0.1, 0.15) is 62.0 Å². The number of ether oxygens (including phenoxy) is 5. The van der Waals surface area contributed by atoms with Crippen LogP contribution in [0.5, 0.6) is 17.2 Å². The number of amides is 1. The summed E-state index contributed by atoms with van der Waals surface area (Å²) in [7, 11) is 0. The Hall–Kier alpha value is -6.35. The molecule has 3 N–H and O–H groups in total. The molecule has 384 valence electrons. The van der Waals surface area contributed by atoms with Crippen LogP contribution in [0.3, 0.4) is 0 Å². The normalized spacial score (nSPS) is 21.3. The predicted octanol–water partition coefficient (Wildman–Crippen LogP) is 9.02. The number of nitrogens with zero attached hydrogens (tertiary/aromatic N) is 4. The van der Waals surface area contributed by atoms with E-state index in [1.54, 1.807) is 30.0 Å². The molecule has 0 aromatic heterocycles. The highest BCUT2D eigenvalue weighted by Crippen LogP contribution is 2.62. The van der Waals surface area contributed by atoms with E-state index in [2.05, 4.69) is 24.8 Å². The van der Waals surface area contributed by atoms with E-state index in [0.717, 1.165) is 28.9 Å². The number of carbonyl (C=O) groups is 1. The second kappa shape index (κ2) is 26.4. The van der Waals surface area contributed by atoms with Gasteiger partial charge in [0.25, 0.3) is 11.4 Å². The number of thioether (sulfide) groups is 1. The molecule has 0 saturated heterocycles. The number of fused-ring (bicyclic) bond motifs is 2. The SMILES string of the molecule is C=CCOC12Oc3ccc(OCCSc4ccccc4)cc3C3C(CCCCO)C(CCCCO)C=C(C(=NOCc4ccc([N+](=O)[O-])cc4)CC1N(CCOCCO)C(=O)Oc1ccc([N+](=O)[O-])cc1)C32. The summed E-state index contributed by atoms with van der Waals surface area (Å²) >= 11 is 1.69. The summed E-state index contributed by atoms with van der Waals surface area (Å²) in [5.41, 5.74) is 2.47. The lowest BCUT2D eigenvalue weighted by molar-refractivity contribution is -0.385. The molecule has 1 saturated carbocycles. The second-order valence-electron chi connectivity index (χ2n) is 17.6. The third-order valence-corrected chi connectivity index (χ3v) is 14.1. The third kappa shape index (κ3) is 13.2. The van der Waals surface area contributed by atoms with E-state index in [0.29, 0.717) is 60.8 Å². The van der Waals surface area contributed by atoms with Crippen LogP contribution >= 0.6 is 11.8 Å². The number of hydrogen-bond acceptors (Lipinski definition) is 16. The number of unbranched alkanes of at least 4 members (excludes halogenated alkanes) is 2. The fourth-order valence-corrected chi connectivity index (χ4v) is 10.7. The van der Waals surface area contributed by atoms with Crippen LogP contribution in [0.4, 0.5) is 16.2 Å². The molecule has 0 bridgehead atoms. The minimum atomic E-state index is -1.67. The summed E-state index contributed by atoms with van der Waals surface area (Å²) in [5.74, 6) is -0.996. The first-order valence-electron chi connectivity index (χ1n) is 24.3. The molecule has 4 aromatic rings. The van der Waals surface area contributed by atoms with Crippen LogP contribution in [0.2, 0.25) is 0 Å². The van der Waals surface area contributed by atoms with Crippen molar-refractivity contribution in [3.63, 3.8) is 0 Å². The van der Waals surface area contributed by atoms with E-state index < -0.39 is 33.7 Å². The molecule has 3 aliphatic rings. The van der Waals surface area contributed by atoms with Gasteiger partial charge < -0.3 is 43.8 Å². The Labute approximate surface area is 422 Å². The number of hydrogen-bond donors (Lipinski definition) is 3. The smallest absolute Gasteiger partial charge is 0.415 e. The summed E-state index contributed by atoms with van der Waals surface area (Å²) in [6, 6.07) is 25.9. The van der Waals surface area contributed by atoms with Crippen LogP contribution in [-0.4, -0.2) is 112 Å². The molecule has 0 radical (unpaired) electrons. The molecule has 18 nitrogen and oxygen atoms in total. The lowest BCUT2D eigenvalue weighted by atomic mass is 9.55. The average molecular weight is 1010 g/mol. The number of rotatable bonds is 28. The molecule has 2 aliphatic carbocycles. The van der Waals surface area contributed by atoms with Gasteiger partial charge in [-0.15, -0.1) is 18.3 Å². The van der Waals surface area contributed by atoms with Gasteiger partial charge in [0.1, 0.15) is 29.9 Å². The minimum Gasteiger partial charge on any atom is -0.493 e. The summed E-state index contributed by atoms with van der Waals surface area (Å²) in [5, 5.41) is 57.5. The van der Waals surface area contributed by atoms with Crippen molar-refractivity contribution < 1.29 is 58.5 Å². The standard InChI is InChI=1S/C53H62N4O14S/c1-2-28-68-53-49(55(24-29-66-30-27-60)52(61)70-41-20-18-40(19-21-41)57(64)65)35-47(54-69-36-37-14-16-39(17-15-37)56(62)63)45-33-38(10-6-8-25-58)44(13-7-9-26-59)50(51(45)53)46-34-42(22-23-48(46)71-53)67-31-32-72-43-11-4-3-5-12-43/h2-5,11-12,14-23,33-34,38,44,49-51,58-60H,1,6-10,13,24-32,35-36H2. The van der Waals surface area contributed by atoms with Gasteiger partial charge in [-0.1, -0.05) is 48.3 Å². The van der Waals surface area contributed by atoms with Crippen molar-refractivity contribution in [2.45, 2.75) is 74.2 Å². The molecule has 72 heavy (non-hydrogen) atoms. The summed E-state index contributed by atoms with van der Waals surface area (Å²) in [6.45, 7) is 4.00. The van der Waals surface area contributed by atoms with E-state index >= 15 is 0 Å². The summed E-state index contributed by atoms with van der Waals surface area (Å²) in [4.78, 5) is 45.5. The molecule has 0 spiro atoms. The number of oxime groups is 1. The highest BCUT2D eigenvalue weighted by atomic mass is 32.2. The van der Waals surface area contributed by atoms with Crippen molar-refractivity contribution in [2.75, 3.05) is 58.5 Å². The molecule has 19 heteroatoms. The highest BCUT2D eigenvalue weighted by Gasteiger charge is 2.65. The second-order valence-corrected chi connectivity index (χ2v) is 18.8. The minimum absolute atomic E-state index is 0.00400. The monoisotopic (exact) mass is 1010 g/mol. The maximum absolute atomic E-state index is 14.9. The first-order chi connectivity index (χ1) is 35.1. The summed E-state index contributed by atoms with van der Waals surface area (Å²) < 4.78 is 32.6. The summed E-state index contributed by atoms with van der Waals surface area (Å²) in [6.07, 6.45) is 6.96. The van der Waals surface area contributed by atoms with Gasteiger partial charge in [-0.05, 0) is 103 Å². The molecule has 1 aliphatic heterocycles. The van der Waals surface area contributed by atoms with Gasteiger partial charge in [-0.2, -0.15) is 0 Å². The molecular weight excluding hydrogens is 949 g/mol. The van der Waals surface area contributed by atoms with E-state index in [-0.39, 0.29) is 94.1 Å². The molecule has 4 aromatic carbocycles. The van der Waals surface area contributed by atoms with Gasteiger partial charge >= 0.3 is 6.09 Å². The maximum Gasteiger partial charge on any atom is 0.415 e. The predicted molar refractivity (Wildman–Crippen MR) is 269 cm³/mol. The molecule has 1 fully saturated rings. The van der Waals surface area contributed by atoms with Gasteiger partial charge in [0.05, 0.1) is 54.5 Å². The van der Waals surface area contributed by atoms with Crippen molar-refractivity contribution in [1.82, 2.24) is 4.90 Å². The zero-order valence-electron chi connectivity index (χ0n) is 40.0. The average Bonchev–Trinajstić information content (AvgIpc) is 3.39. The Morgan fingerprint density at radius 2 is 1.56 bits per heavy atom. The number of non-ortho nitro benzene ring substituents is 2. The van der Waals surface area contributed by atoms with Crippen LogP contribution in [0.15, 0.2) is 131 Å². The van der Waals surface area contributed by atoms with Crippen molar-refractivity contribution in [1.29, 1.82) is 0 Å². The van der Waals surface area contributed by atoms with Crippen molar-refractivity contribution >= 4 is 34.9 Å². The van der Waals surface area contributed by atoms with Crippen LogP contribution in [0.25, 0.3) is 0 Å². The Kier molecular flexibility index (Phi) is 19.6. The van der Waals surface area contributed by atoms with E-state index in [9.17, 15) is 40.3 Å². The number of nitro benzene ring substituents is 2. The Bertz CT molecular complexity index is 2490. The van der Waals surface area contributed by atoms with Gasteiger partial charge in [-0.25, -0.2) is 4.79 Å². The Balaban J connectivity index is 1.38. The van der Waals surface area contributed by atoms with Crippen LogP contribution in [0, 0.1) is 38.0 Å². The molecular formula is C53H62N4O14S. The highest BCUT2D eigenvalue weighted by molar-refractivity contribution is 7.99. The lowest BCUT2D eigenvalue weighted by Crippen LogP contribution is -2.70. The number of aliphatic hydroxyl groups is 3. The van der Waals surface area contributed by atoms with Crippen molar-refractivity contribution in [3.05, 3.63) is 153 Å². The van der Waals surface area contributed by atoms with Gasteiger partial charge in [0.15, 0.2) is 0 Å². The largest absolute Gasteiger partial charge is 0.493 e. The van der Waals surface area contributed by atoms with E-state index in [1.807, 2.05) is 36.4 Å². The van der Waals surface area contributed by atoms with E-state index in [1.165, 1.54) is 41.3 Å². The molecule has 1 heterocycles. The first-order valence-corrected chi connectivity index (χ1v) is 25.2. The van der Waals surface area contributed by atoms with E-state index in [4.69, 9.17) is 33.7 Å². The zero-order valence-corrected chi connectivity index (χ0v) is 40.9. The van der Waals surface area contributed by atoms with Crippen molar-refractivity contribution in [3.8, 4) is 17.2 Å². The number of benzene rings is 4. The Morgan fingerprint density at radius 1 is 0.861 bits per heavy atom. The van der Waals surface area contributed by atoms with Crippen LogP contribution in [-0.2, 0) is 20.9 Å². The number of aliphatic hydroxyl groups excluding tert-OH is 3. The number of carbonyl (C=O) groups excluding carboxylic acids is 1. The molecule has 7 rings (SSSR count). The fraction of sp³-hybridized carbons (Fsp3) is 0.434. The third-order valence-electron chi connectivity index (χ3n) is 13.1. The molecule has 1 amide bonds. The van der Waals surface area contributed by atoms with Crippen molar-refractivity contribution in [2.24, 2.45) is 22.9 Å². The van der Waals surface area contributed by atoms with Gasteiger partial charge in [-0.3, -0.25) is 25.1 Å². The molecule has 6 atom stereocenters. The zero-order chi connectivity index (χ0) is 50.9. The Morgan fingerprint density at radius 3 is 2.24 bits per heavy atom. The molecule has 6 unspecified atom stereocenters. The quantitative estimate of drug-likeness (QED) is 0.0158. The van der Waals surface area contributed by atoms with Gasteiger partial charge in [0, 0.05) is 72.6 Å². The number of nitro groups is 2. The fourth-order valence-electron chi connectivity index (χ4n) is 9.97. The first kappa shape index (κ1) is 53.4. The maximum atomic E-state index is 14.9. The lowest BCUT2D eigenvalue weighted by Gasteiger charge is -2.59. The van der Waals surface area contributed by atoms with Gasteiger partial charge in [0.2, 0.25) is 5.79 Å². The number of allylic oxidation sites excluding steroid dienone is 1.